The molecule has 116 valence electrons. The lowest BCUT2D eigenvalue weighted by molar-refractivity contribution is -0.145. The molecular weight excluding hydrogens is 262 g/mol. The molecule has 0 aliphatic heterocycles. The highest BCUT2D eigenvalue weighted by Gasteiger charge is 2.41. The summed E-state index contributed by atoms with van der Waals surface area (Å²) in [7, 11) is 0. The normalized spacial score (nSPS) is 17.9. The Labute approximate surface area is 128 Å². The van der Waals surface area contributed by atoms with E-state index in [9.17, 15) is 9.90 Å². The van der Waals surface area contributed by atoms with Crippen LogP contribution >= 0.6 is 0 Å². The van der Waals surface area contributed by atoms with E-state index in [-0.39, 0.29) is 0 Å². The van der Waals surface area contributed by atoms with Gasteiger partial charge >= 0.3 is 5.97 Å². The van der Waals surface area contributed by atoms with Gasteiger partial charge in [0.25, 0.3) is 0 Å². The van der Waals surface area contributed by atoms with Gasteiger partial charge in [-0.3, -0.25) is 9.69 Å². The third-order valence-corrected chi connectivity index (χ3v) is 4.92. The number of carbonyl (C=O) groups is 1. The molecule has 0 spiro atoms. The third kappa shape index (κ3) is 3.46. The Kier molecular flexibility index (Phi) is 5.40. The summed E-state index contributed by atoms with van der Waals surface area (Å²) in [5.74, 6) is -0.654. The molecule has 2 rings (SSSR count). The van der Waals surface area contributed by atoms with Crippen molar-refractivity contribution in [1.29, 1.82) is 0 Å². The van der Waals surface area contributed by atoms with Gasteiger partial charge in [0.1, 0.15) is 0 Å². The second-order valence-electron chi connectivity index (χ2n) is 6.11. The largest absolute Gasteiger partial charge is 0.481 e. The maximum atomic E-state index is 11.8. The van der Waals surface area contributed by atoms with Gasteiger partial charge in [-0.15, -0.1) is 0 Å². The zero-order valence-corrected chi connectivity index (χ0v) is 13.3. The van der Waals surface area contributed by atoms with E-state index in [1.807, 2.05) is 12.1 Å². The Morgan fingerprint density at radius 3 is 2.14 bits per heavy atom. The fourth-order valence-corrected chi connectivity index (χ4v) is 3.42. The van der Waals surface area contributed by atoms with Crippen molar-refractivity contribution in [3.8, 4) is 0 Å². The maximum Gasteiger partial charge on any atom is 0.314 e. The predicted molar refractivity (Wildman–Crippen MR) is 85.5 cm³/mol. The third-order valence-electron chi connectivity index (χ3n) is 4.92. The van der Waals surface area contributed by atoms with Crippen molar-refractivity contribution in [3.05, 3.63) is 35.4 Å². The highest BCUT2D eigenvalue weighted by Crippen LogP contribution is 2.39. The Balaban J connectivity index is 2.18. The maximum absolute atomic E-state index is 11.8. The van der Waals surface area contributed by atoms with Crippen molar-refractivity contribution in [2.45, 2.75) is 57.9 Å². The van der Waals surface area contributed by atoms with Crippen LogP contribution in [0.15, 0.2) is 24.3 Å². The van der Waals surface area contributed by atoms with E-state index in [1.165, 1.54) is 5.56 Å². The topological polar surface area (TPSA) is 40.5 Å². The molecule has 3 nitrogen and oxygen atoms in total. The van der Waals surface area contributed by atoms with Crippen LogP contribution in [0.2, 0.25) is 0 Å². The Bertz CT molecular complexity index is 457. The van der Waals surface area contributed by atoms with E-state index in [2.05, 4.69) is 30.9 Å². The van der Waals surface area contributed by atoms with E-state index in [1.54, 1.807) is 0 Å². The SMILES string of the molecule is CCN(CC)Cc1ccc(C2(C(=O)O)CCCCC2)cc1. The van der Waals surface area contributed by atoms with Crippen LogP contribution < -0.4 is 0 Å². The zero-order chi connectivity index (χ0) is 15.3. The number of hydrogen-bond acceptors (Lipinski definition) is 2. The van der Waals surface area contributed by atoms with Crippen molar-refractivity contribution in [1.82, 2.24) is 4.90 Å². The molecule has 1 N–H and O–H groups in total. The fraction of sp³-hybridized carbons (Fsp3) is 0.611. The van der Waals surface area contributed by atoms with E-state index in [0.29, 0.717) is 0 Å². The van der Waals surface area contributed by atoms with E-state index in [4.69, 9.17) is 0 Å². The molecule has 0 heterocycles. The van der Waals surface area contributed by atoms with Crippen LogP contribution in [0.3, 0.4) is 0 Å². The van der Waals surface area contributed by atoms with Gasteiger partial charge in [0.05, 0.1) is 5.41 Å². The molecule has 0 bridgehead atoms. The predicted octanol–water partition coefficient (Wildman–Crippen LogP) is 3.81. The second kappa shape index (κ2) is 7.08. The minimum absolute atomic E-state index is 0.647. The smallest absolute Gasteiger partial charge is 0.314 e. The quantitative estimate of drug-likeness (QED) is 0.865. The molecule has 3 heteroatoms. The van der Waals surface area contributed by atoms with Crippen molar-refractivity contribution < 1.29 is 9.90 Å². The number of nitrogens with zero attached hydrogens (tertiary/aromatic N) is 1. The lowest BCUT2D eigenvalue weighted by Crippen LogP contribution is -2.37. The molecule has 0 unspecified atom stereocenters. The van der Waals surface area contributed by atoms with Crippen LogP contribution in [0.1, 0.15) is 57.1 Å². The monoisotopic (exact) mass is 289 g/mol. The summed E-state index contributed by atoms with van der Waals surface area (Å²) in [5.41, 5.74) is 1.60. The van der Waals surface area contributed by atoms with Crippen LogP contribution in [-0.4, -0.2) is 29.1 Å². The molecule has 1 aliphatic rings. The molecular formula is C18H27NO2. The molecule has 1 aromatic rings. The average molecular weight is 289 g/mol. The first-order valence-corrected chi connectivity index (χ1v) is 8.17. The van der Waals surface area contributed by atoms with Crippen molar-refractivity contribution in [2.75, 3.05) is 13.1 Å². The average Bonchev–Trinajstić information content (AvgIpc) is 2.53. The van der Waals surface area contributed by atoms with E-state index < -0.39 is 11.4 Å². The summed E-state index contributed by atoms with van der Waals surface area (Å²) in [6.45, 7) is 7.35. The number of aliphatic carboxylic acids is 1. The molecule has 0 atom stereocenters. The number of hydrogen-bond donors (Lipinski definition) is 1. The van der Waals surface area contributed by atoms with Crippen molar-refractivity contribution >= 4 is 5.97 Å². The van der Waals surface area contributed by atoms with E-state index in [0.717, 1.165) is 57.3 Å². The first-order chi connectivity index (χ1) is 10.1. The molecule has 0 amide bonds. The molecule has 1 aromatic carbocycles. The van der Waals surface area contributed by atoms with Crippen LogP contribution in [0.5, 0.6) is 0 Å². The lowest BCUT2D eigenvalue weighted by Gasteiger charge is -2.33. The van der Waals surface area contributed by atoms with Crippen molar-refractivity contribution in [2.24, 2.45) is 0 Å². The molecule has 1 fully saturated rings. The molecule has 21 heavy (non-hydrogen) atoms. The van der Waals surface area contributed by atoms with Crippen LogP contribution in [-0.2, 0) is 16.8 Å². The second-order valence-corrected chi connectivity index (χ2v) is 6.11. The number of rotatable bonds is 6. The highest BCUT2D eigenvalue weighted by atomic mass is 16.4. The minimum Gasteiger partial charge on any atom is -0.481 e. The molecule has 0 saturated heterocycles. The summed E-state index contributed by atoms with van der Waals surface area (Å²) < 4.78 is 0. The number of carboxylic acids is 1. The number of benzene rings is 1. The lowest BCUT2D eigenvalue weighted by atomic mass is 9.69. The molecule has 0 radical (unpaired) electrons. The summed E-state index contributed by atoms with van der Waals surface area (Å²) in [4.78, 5) is 14.2. The standard InChI is InChI=1S/C18H27NO2/c1-3-19(4-2)14-15-8-10-16(11-9-15)18(17(20)21)12-6-5-7-13-18/h8-11H,3-7,12-14H2,1-2H3,(H,20,21). The first kappa shape index (κ1) is 16.0. The van der Waals surface area contributed by atoms with Crippen LogP contribution in [0, 0.1) is 0 Å². The van der Waals surface area contributed by atoms with Gasteiger partial charge < -0.3 is 5.11 Å². The van der Waals surface area contributed by atoms with Gasteiger partial charge in [0.15, 0.2) is 0 Å². The van der Waals surface area contributed by atoms with Gasteiger partial charge in [-0.2, -0.15) is 0 Å². The van der Waals surface area contributed by atoms with Gasteiger partial charge in [-0.05, 0) is 37.1 Å². The first-order valence-electron chi connectivity index (χ1n) is 8.17. The van der Waals surface area contributed by atoms with Gasteiger partial charge in [0, 0.05) is 6.54 Å². The summed E-state index contributed by atoms with van der Waals surface area (Å²) in [5, 5.41) is 9.72. The highest BCUT2D eigenvalue weighted by molar-refractivity contribution is 5.81. The Morgan fingerprint density at radius 1 is 1.10 bits per heavy atom. The Morgan fingerprint density at radius 2 is 1.67 bits per heavy atom. The summed E-state index contributed by atoms with van der Waals surface area (Å²) >= 11 is 0. The fourth-order valence-electron chi connectivity index (χ4n) is 3.42. The number of carboxylic acid groups (broad SMARTS) is 1. The summed E-state index contributed by atoms with van der Waals surface area (Å²) in [6.07, 6.45) is 4.76. The van der Waals surface area contributed by atoms with E-state index >= 15 is 0 Å². The summed E-state index contributed by atoms with van der Waals surface area (Å²) in [6, 6.07) is 8.29. The van der Waals surface area contributed by atoms with Crippen LogP contribution in [0.25, 0.3) is 0 Å². The van der Waals surface area contributed by atoms with Gasteiger partial charge in [0.2, 0.25) is 0 Å². The van der Waals surface area contributed by atoms with Crippen molar-refractivity contribution in [3.63, 3.8) is 0 Å². The minimum atomic E-state index is -0.654. The molecule has 0 aromatic heterocycles. The van der Waals surface area contributed by atoms with Gasteiger partial charge in [-0.1, -0.05) is 57.4 Å². The molecule has 1 aliphatic carbocycles. The van der Waals surface area contributed by atoms with Crippen LogP contribution in [0.4, 0.5) is 0 Å². The molecule has 1 saturated carbocycles. The zero-order valence-electron chi connectivity index (χ0n) is 13.3. The Hall–Kier alpha value is -1.35. The van der Waals surface area contributed by atoms with Gasteiger partial charge in [-0.25, -0.2) is 0 Å².